The van der Waals surface area contributed by atoms with Crippen LogP contribution in [0.4, 0.5) is 0 Å². The van der Waals surface area contributed by atoms with E-state index in [0.29, 0.717) is 0 Å². The van der Waals surface area contributed by atoms with Gasteiger partial charge in [-0.15, -0.1) is 12.4 Å². The van der Waals surface area contributed by atoms with Gasteiger partial charge in [-0.3, -0.25) is 4.79 Å². The zero-order valence-corrected chi connectivity index (χ0v) is 19.6. The number of hydrogen-bond donors (Lipinski definition) is 2. The molecule has 1 amide bonds. The van der Waals surface area contributed by atoms with Gasteiger partial charge in [-0.25, -0.2) is 0 Å². The molecule has 1 aliphatic heterocycles. The first kappa shape index (κ1) is 25.2. The average molecular weight is 437 g/mol. The maximum Gasteiger partial charge on any atom is 0.257 e. The van der Waals surface area contributed by atoms with Crippen LogP contribution in [0.25, 0.3) is 0 Å². The van der Waals surface area contributed by atoms with Crippen LogP contribution in [0.15, 0.2) is 30.3 Å². The van der Waals surface area contributed by atoms with Gasteiger partial charge in [0.1, 0.15) is 0 Å². The summed E-state index contributed by atoms with van der Waals surface area (Å²) in [6.45, 7) is 7.85. The zero-order chi connectivity index (χ0) is 20.7. The number of amides is 1. The Bertz CT molecular complexity index is 627. The molecule has 0 aromatic heterocycles. The molecule has 0 unspecified atom stereocenters. The van der Waals surface area contributed by atoms with E-state index in [1.165, 1.54) is 25.8 Å². The molecule has 1 aliphatic carbocycles. The minimum absolute atomic E-state index is 0. The van der Waals surface area contributed by atoms with Crippen molar-refractivity contribution in [3.63, 3.8) is 0 Å². The van der Waals surface area contributed by atoms with E-state index in [-0.39, 0.29) is 30.3 Å². The topological polar surface area (TPSA) is 52.6 Å². The number of halogens is 1. The van der Waals surface area contributed by atoms with Crippen LogP contribution in [0.1, 0.15) is 77.2 Å². The molecule has 1 saturated heterocycles. The number of likely N-dealkylation sites (tertiary alicyclic amines) is 1. The third kappa shape index (κ3) is 6.21. The predicted octanol–water partition coefficient (Wildman–Crippen LogP) is 4.89. The van der Waals surface area contributed by atoms with Crippen LogP contribution in [0.2, 0.25) is 0 Å². The Kier molecular flexibility index (Phi) is 10.1. The summed E-state index contributed by atoms with van der Waals surface area (Å²) in [5.41, 5.74) is -0.655. The zero-order valence-electron chi connectivity index (χ0n) is 18.8. The molecule has 2 atom stereocenters. The lowest BCUT2D eigenvalue weighted by Gasteiger charge is -2.37. The smallest absolute Gasteiger partial charge is 0.257 e. The predicted molar refractivity (Wildman–Crippen MR) is 126 cm³/mol. The molecule has 4 nitrogen and oxygen atoms in total. The van der Waals surface area contributed by atoms with Crippen molar-refractivity contribution < 1.29 is 9.90 Å². The van der Waals surface area contributed by atoms with Crippen LogP contribution in [-0.4, -0.2) is 41.6 Å². The van der Waals surface area contributed by atoms with Gasteiger partial charge in [-0.2, -0.15) is 0 Å². The van der Waals surface area contributed by atoms with Gasteiger partial charge in [0.2, 0.25) is 0 Å². The van der Waals surface area contributed by atoms with Gasteiger partial charge < -0.3 is 15.3 Å². The molecule has 0 radical (unpaired) electrons. The minimum atomic E-state index is -1.40. The van der Waals surface area contributed by atoms with Crippen LogP contribution in [-0.2, 0) is 10.4 Å². The summed E-state index contributed by atoms with van der Waals surface area (Å²) >= 11 is 0. The van der Waals surface area contributed by atoms with Gasteiger partial charge in [0.05, 0.1) is 0 Å². The molecule has 1 aromatic rings. The van der Waals surface area contributed by atoms with Gasteiger partial charge in [-0.1, -0.05) is 63.4 Å². The van der Waals surface area contributed by atoms with Crippen molar-refractivity contribution in [3.05, 3.63) is 35.9 Å². The van der Waals surface area contributed by atoms with E-state index in [1.54, 1.807) is 0 Å². The van der Waals surface area contributed by atoms with E-state index in [9.17, 15) is 9.90 Å². The third-order valence-electron chi connectivity index (χ3n) is 7.30. The van der Waals surface area contributed by atoms with Crippen LogP contribution in [0.5, 0.6) is 0 Å². The van der Waals surface area contributed by atoms with E-state index in [2.05, 4.69) is 24.1 Å². The molecule has 0 bridgehead atoms. The summed E-state index contributed by atoms with van der Waals surface area (Å²) in [5, 5.41) is 14.8. The molecule has 1 heterocycles. The highest BCUT2D eigenvalue weighted by atomic mass is 35.5. The number of aliphatic hydroxyl groups is 1. The molecular weight excluding hydrogens is 396 g/mol. The Labute approximate surface area is 189 Å². The molecule has 3 rings (SSSR count). The van der Waals surface area contributed by atoms with Crippen molar-refractivity contribution in [1.82, 2.24) is 10.2 Å². The standard InChI is InChI=1S/C25H40N2O2.ClH/c1-3-20(2)10-9-17-27-18-15-23(16-19-27)26-24(28)25(29,22-13-7-8-14-22)21-11-5-4-6-12-21;/h4-6,11-12,20,22-23,29H,3,7-10,13-19H2,1-2H3,(H,26,28);1H/t20-,25-;/m0./s1. The first-order valence-electron chi connectivity index (χ1n) is 11.8. The second-order valence-corrected chi connectivity index (χ2v) is 9.36. The van der Waals surface area contributed by atoms with Crippen molar-refractivity contribution >= 4 is 18.3 Å². The van der Waals surface area contributed by atoms with E-state index in [0.717, 1.165) is 63.1 Å². The van der Waals surface area contributed by atoms with Crippen molar-refractivity contribution in [1.29, 1.82) is 0 Å². The first-order chi connectivity index (χ1) is 14.0. The summed E-state index contributed by atoms with van der Waals surface area (Å²) in [5.74, 6) is 0.648. The molecule has 1 saturated carbocycles. The molecule has 30 heavy (non-hydrogen) atoms. The second kappa shape index (κ2) is 12.1. The van der Waals surface area contributed by atoms with Gasteiger partial charge in [-0.05, 0) is 56.6 Å². The maximum atomic E-state index is 13.3. The molecule has 2 aliphatic rings. The number of benzene rings is 1. The number of nitrogens with one attached hydrogen (secondary N) is 1. The summed E-state index contributed by atoms with van der Waals surface area (Å²) in [6.07, 6.45) is 9.83. The lowest BCUT2D eigenvalue weighted by Crippen LogP contribution is -2.54. The fourth-order valence-corrected chi connectivity index (χ4v) is 5.05. The van der Waals surface area contributed by atoms with E-state index in [4.69, 9.17) is 0 Å². The van der Waals surface area contributed by atoms with Crippen LogP contribution < -0.4 is 5.32 Å². The Morgan fingerprint density at radius 2 is 1.80 bits per heavy atom. The number of rotatable bonds is 9. The molecule has 2 fully saturated rings. The van der Waals surface area contributed by atoms with Gasteiger partial charge in [0.15, 0.2) is 5.60 Å². The molecule has 0 spiro atoms. The van der Waals surface area contributed by atoms with E-state index in [1.807, 2.05) is 30.3 Å². The van der Waals surface area contributed by atoms with Gasteiger partial charge >= 0.3 is 0 Å². The molecule has 2 N–H and O–H groups in total. The normalized spacial score (nSPS) is 21.6. The average Bonchev–Trinajstić information content (AvgIpc) is 3.30. The van der Waals surface area contributed by atoms with Gasteiger partial charge in [0.25, 0.3) is 5.91 Å². The second-order valence-electron chi connectivity index (χ2n) is 9.36. The van der Waals surface area contributed by atoms with Crippen molar-refractivity contribution in [2.45, 2.75) is 83.3 Å². The summed E-state index contributed by atoms with van der Waals surface area (Å²) < 4.78 is 0. The molecule has 1 aromatic carbocycles. The fraction of sp³-hybridized carbons (Fsp3) is 0.720. The number of nitrogens with zero attached hydrogens (tertiary/aromatic N) is 1. The highest BCUT2D eigenvalue weighted by Crippen LogP contribution is 2.41. The number of carbonyl (C=O) groups is 1. The Balaban J connectivity index is 0.00000320. The van der Waals surface area contributed by atoms with Crippen LogP contribution in [0, 0.1) is 11.8 Å². The lowest BCUT2D eigenvalue weighted by atomic mass is 9.79. The number of carbonyl (C=O) groups excluding carboxylic acids is 1. The van der Waals surface area contributed by atoms with Crippen molar-refractivity contribution in [2.24, 2.45) is 11.8 Å². The van der Waals surface area contributed by atoms with Crippen molar-refractivity contribution in [3.8, 4) is 0 Å². The largest absolute Gasteiger partial charge is 0.375 e. The lowest BCUT2D eigenvalue weighted by molar-refractivity contribution is -0.148. The first-order valence-corrected chi connectivity index (χ1v) is 11.8. The summed E-state index contributed by atoms with van der Waals surface area (Å²) in [4.78, 5) is 15.8. The Morgan fingerprint density at radius 3 is 2.40 bits per heavy atom. The fourth-order valence-electron chi connectivity index (χ4n) is 5.05. The monoisotopic (exact) mass is 436 g/mol. The summed E-state index contributed by atoms with van der Waals surface area (Å²) in [6, 6.07) is 9.74. The highest BCUT2D eigenvalue weighted by molar-refractivity contribution is 5.87. The Hall–Kier alpha value is -1.10. The van der Waals surface area contributed by atoms with Gasteiger partial charge in [0, 0.05) is 25.0 Å². The van der Waals surface area contributed by atoms with E-state index < -0.39 is 5.60 Å². The number of piperidine rings is 1. The van der Waals surface area contributed by atoms with Crippen molar-refractivity contribution in [2.75, 3.05) is 19.6 Å². The molecular formula is C25H41ClN2O2. The SMILES string of the molecule is CC[C@H](C)CCCN1CCC(NC(=O)[C@](O)(c2ccccc2)C2CCCC2)CC1.Cl. The summed E-state index contributed by atoms with van der Waals surface area (Å²) in [7, 11) is 0. The molecule has 5 heteroatoms. The quantitative estimate of drug-likeness (QED) is 0.579. The highest BCUT2D eigenvalue weighted by Gasteiger charge is 2.46. The van der Waals surface area contributed by atoms with Crippen LogP contribution >= 0.6 is 12.4 Å². The van der Waals surface area contributed by atoms with E-state index >= 15 is 0 Å². The molecule has 170 valence electrons. The maximum absolute atomic E-state index is 13.3. The Morgan fingerprint density at radius 1 is 1.17 bits per heavy atom. The number of hydrogen-bond acceptors (Lipinski definition) is 3. The minimum Gasteiger partial charge on any atom is -0.375 e. The van der Waals surface area contributed by atoms with Crippen LogP contribution in [0.3, 0.4) is 0 Å². The third-order valence-corrected chi connectivity index (χ3v) is 7.30.